The molecule has 1 amide bonds. The third-order valence-corrected chi connectivity index (χ3v) is 8.99. The molecule has 4 rings (SSSR count). The summed E-state index contributed by atoms with van der Waals surface area (Å²) in [5.41, 5.74) is 1.96. The smallest absolute Gasteiger partial charge is 0.326 e. The summed E-state index contributed by atoms with van der Waals surface area (Å²) < 4.78 is 35.2. The molecule has 186 valence electrons. The van der Waals surface area contributed by atoms with E-state index in [1.54, 1.807) is 41.8 Å². The van der Waals surface area contributed by atoms with Gasteiger partial charge < -0.3 is 9.30 Å². The predicted molar refractivity (Wildman–Crippen MR) is 134 cm³/mol. The Bertz CT molecular complexity index is 1390. The van der Waals surface area contributed by atoms with Crippen LogP contribution in [0.25, 0.3) is 10.2 Å². The molecule has 0 spiro atoms. The van der Waals surface area contributed by atoms with Gasteiger partial charge in [0, 0.05) is 13.1 Å². The van der Waals surface area contributed by atoms with Crippen LogP contribution in [0, 0.1) is 5.92 Å². The van der Waals surface area contributed by atoms with Crippen LogP contribution < -0.4 is 4.80 Å². The van der Waals surface area contributed by atoms with E-state index in [1.807, 2.05) is 18.2 Å². The zero-order chi connectivity index (χ0) is 25.0. The first-order valence-corrected chi connectivity index (χ1v) is 14.0. The first-order valence-electron chi connectivity index (χ1n) is 11.7. The van der Waals surface area contributed by atoms with Crippen LogP contribution >= 0.6 is 11.3 Å². The van der Waals surface area contributed by atoms with Crippen LogP contribution in [0.5, 0.6) is 0 Å². The van der Waals surface area contributed by atoms with Gasteiger partial charge in [-0.25, -0.2) is 8.42 Å². The summed E-state index contributed by atoms with van der Waals surface area (Å²) in [6.07, 6.45) is 2.00. The average molecular weight is 516 g/mol. The van der Waals surface area contributed by atoms with Crippen molar-refractivity contribution < 1.29 is 22.7 Å². The van der Waals surface area contributed by atoms with Gasteiger partial charge in [0.05, 0.1) is 27.6 Å². The number of ether oxygens (including phenoxy) is 1. The molecule has 0 aliphatic carbocycles. The second kappa shape index (κ2) is 10.8. The van der Waals surface area contributed by atoms with Gasteiger partial charge in [0.15, 0.2) is 4.80 Å². The summed E-state index contributed by atoms with van der Waals surface area (Å²) in [5, 5.41) is 0. The van der Waals surface area contributed by atoms with Gasteiger partial charge >= 0.3 is 5.97 Å². The standard InChI is InChI=1S/C25H29N3O5S2/c1-3-18-12-13-21-22(15-18)34-25(28(21)17-23(29)33-4-2)26-24(30)19-9-8-14-27(16-19)35(31,32)20-10-6-5-7-11-20/h5-7,10-13,15,19H,3-4,8-9,14,16-17H2,1-2H3. The van der Waals surface area contributed by atoms with Gasteiger partial charge in [-0.3, -0.25) is 9.59 Å². The van der Waals surface area contributed by atoms with Crippen LogP contribution in [0.2, 0.25) is 0 Å². The molecule has 8 nitrogen and oxygen atoms in total. The Morgan fingerprint density at radius 3 is 2.63 bits per heavy atom. The highest BCUT2D eigenvalue weighted by molar-refractivity contribution is 7.89. The topological polar surface area (TPSA) is 98.0 Å². The molecule has 1 fully saturated rings. The molecule has 1 aromatic heterocycles. The van der Waals surface area contributed by atoms with Crippen molar-refractivity contribution in [2.24, 2.45) is 10.9 Å². The van der Waals surface area contributed by atoms with Crippen LogP contribution in [0.3, 0.4) is 0 Å². The lowest BCUT2D eigenvalue weighted by Crippen LogP contribution is -2.42. The number of fused-ring (bicyclic) bond motifs is 1. The van der Waals surface area contributed by atoms with Gasteiger partial charge in [0.1, 0.15) is 6.54 Å². The number of carbonyl (C=O) groups is 2. The second-order valence-electron chi connectivity index (χ2n) is 8.40. The molecule has 0 bridgehead atoms. The van der Waals surface area contributed by atoms with Crippen molar-refractivity contribution in [1.82, 2.24) is 8.87 Å². The fraction of sp³-hybridized carbons (Fsp3) is 0.400. The summed E-state index contributed by atoms with van der Waals surface area (Å²) in [4.78, 5) is 30.5. The van der Waals surface area contributed by atoms with Crippen molar-refractivity contribution in [1.29, 1.82) is 0 Å². The summed E-state index contributed by atoms with van der Waals surface area (Å²) in [5.74, 6) is -1.33. The third-order valence-electron chi connectivity index (χ3n) is 6.07. The Kier molecular flexibility index (Phi) is 7.83. The maximum absolute atomic E-state index is 13.2. The number of aryl methyl sites for hydroxylation is 1. The molecule has 1 aliphatic rings. The molecule has 0 saturated carbocycles. The monoisotopic (exact) mass is 515 g/mol. The number of nitrogens with zero attached hydrogens (tertiary/aromatic N) is 3. The van der Waals surface area contributed by atoms with E-state index in [1.165, 1.54) is 15.6 Å². The summed E-state index contributed by atoms with van der Waals surface area (Å²) >= 11 is 1.34. The highest BCUT2D eigenvalue weighted by Gasteiger charge is 2.33. The molecular formula is C25H29N3O5S2. The number of rotatable bonds is 7. The maximum atomic E-state index is 13.2. The fourth-order valence-electron chi connectivity index (χ4n) is 4.20. The highest BCUT2D eigenvalue weighted by Crippen LogP contribution is 2.25. The summed E-state index contributed by atoms with van der Waals surface area (Å²) in [6.45, 7) is 4.48. The number of hydrogen-bond donors (Lipinski definition) is 0. The van der Waals surface area contributed by atoms with Crippen molar-refractivity contribution in [2.75, 3.05) is 19.7 Å². The molecule has 1 saturated heterocycles. The van der Waals surface area contributed by atoms with Crippen LogP contribution in [-0.4, -0.2) is 48.9 Å². The van der Waals surface area contributed by atoms with E-state index >= 15 is 0 Å². The van der Waals surface area contributed by atoms with Crippen LogP contribution in [0.1, 0.15) is 32.3 Å². The van der Waals surface area contributed by atoms with E-state index in [-0.39, 0.29) is 30.5 Å². The molecule has 10 heteroatoms. The van der Waals surface area contributed by atoms with E-state index in [0.717, 1.165) is 22.2 Å². The van der Waals surface area contributed by atoms with Crippen LogP contribution in [-0.2, 0) is 37.3 Å². The molecular weight excluding hydrogens is 486 g/mol. The van der Waals surface area contributed by atoms with E-state index in [0.29, 0.717) is 24.2 Å². The van der Waals surface area contributed by atoms with Gasteiger partial charge in [0.2, 0.25) is 10.0 Å². The van der Waals surface area contributed by atoms with E-state index in [2.05, 4.69) is 11.9 Å². The Morgan fingerprint density at radius 1 is 1.14 bits per heavy atom. The Balaban J connectivity index is 1.65. The quantitative estimate of drug-likeness (QED) is 0.450. The zero-order valence-corrected chi connectivity index (χ0v) is 21.5. The summed E-state index contributed by atoms with van der Waals surface area (Å²) in [7, 11) is -3.68. The minimum atomic E-state index is -3.68. The van der Waals surface area contributed by atoms with E-state index in [9.17, 15) is 18.0 Å². The number of aromatic nitrogens is 1. The Hall–Kier alpha value is -2.82. The number of amides is 1. The lowest BCUT2D eigenvalue weighted by atomic mass is 9.99. The maximum Gasteiger partial charge on any atom is 0.326 e. The van der Waals surface area contributed by atoms with Crippen molar-refractivity contribution in [3.8, 4) is 0 Å². The number of esters is 1. The van der Waals surface area contributed by atoms with Crippen LogP contribution in [0.4, 0.5) is 0 Å². The van der Waals surface area contributed by atoms with Crippen molar-refractivity contribution in [2.45, 2.75) is 44.6 Å². The number of piperidine rings is 1. The summed E-state index contributed by atoms with van der Waals surface area (Å²) in [6, 6.07) is 14.2. The van der Waals surface area contributed by atoms with Crippen molar-refractivity contribution in [3.05, 3.63) is 58.9 Å². The average Bonchev–Trinajstić information content (AvgIpc) is 3.20. The van der Waals surface area contributed by atoms with Gasteiger partial charge in [-0.05, 0) is 56.0 Å². The number of benzene rings is 2. The predicted octanol–water partition coefficient (Wildman–Crippen LogP) is 3.36. The first-order chi connectivity index (χ1) is 16.8. The number of thiazole rings is 1. The molecule has 1 unspecified atom stereocenters. The zero-order valence-electron chi connectivity index (χ0n) is 19.8. The van der Waals surface area contributed by atoms with Gasteiger partial charge in [-0.1, -0.05) is 42.5 Å². The fourth-order valence-corrected chi connectivity index (χ4v) is 6.84. The molecule has 0 N–H and O–H groups in total. The van der Waals surface area contributed by atoms with Crippen molar-refractivity contribution >= 4 is 43.5 Å². The first kappa shape index (κ1) is 25.3. The van der Waals surface area contributed by atoms with Crippen LogP contribution in [0.15, 0.2) is 58.4 Å². The Morgan fingerprint density at radius 2 is 1.91 bits per heavy atom. The third kappa shape index (κ3) is 5.55. The minimum Gasteiger partial charge on any atom is -0.465 e. The van der Waals surface area contributed by atoms with Crippen molar-refractivity contribution in [3.63, 3.8) is 0 Å². The highest BCUT2D eigenvalue weighted by atomic mass is 32.2. The minimum absolute atomic E-state index is 0.0510. The Labute approximate surface area is 208 Å². The molecule has 2 aromatic carbocycles. The lowest BCUT2D eigenvalue weighted by Gasteiger charge is -2.30. The molecule has 3 aromatic rings. The number of hydrogen-bond acceptors (Lipinski definition) is 6. The largest absolute Gasteiger partial charge is 0.465 e. The number of sulfonamides is 1. The molecule has 2 heterocycles. The normalized spacial score (nSPS) is 17.5. The van der Waals surface area contributed by atoms with Gasteiger partial charge in [-0.2, -0.15) is 9.30 Å². The van der Waals surface area contributed by atoms with Gasteiger partial charge in [0.25, 0.3) is 5.91 Å². The SMILES string of the molecule is CCOC(=O)Cn1c(=NC(=O)C2CCCN(S(=O)(=O)c3ccccc3)C2)sc2cc(CC)ccc21. The number of carbonyl (C=O) groups excluding carboxylic acids is 2. The van der Waals surface area contributed by atoms with Gasteiger partial charge in [-0.15, -0.1) is 0 Å². The lowest BCUT2D eigenvalue weighted by molar-refractivity contribution is -0.143. The van der Waals surface area contributed by atoms with E-state index < -0.39 is 21.9 Å². The second-order valence-corrected chi connectivity index (χ2v) is 11.3. The molecule has 1 aliphatic heterocycles. The molecule has 35 heavy (non-hydrogen) atoms. The van der Waals surface area contributed by atoms with E-state index in [4.69, 9.17) is 4.74 Å². The molecule has 1 atom stereocenters. The molecule has 0 radical (unpaired) electrons.